The largest absolute Gasteiger partial charge is 0.497 e. The summed E-state index contributed by atoms with van der Waals surface area (Å²) in [6, 6.07) is 17.5. The molecule has 2 aromatic carbocycles. The first-order chi connectivity index (χ1) is 12.2. The minimum Gasteiger partial charge on any atom is -0.497 e. The Labute approximate surface area is 144 Å². The van der Waals surface area contributed by atoms with Crippen LogP contribution in [0.1, 0.15) is 0 Å². The van der Waals surface area contributed by atoms with Gasteiger partial charge in [-0.3, -0.25) is 4.68 Å². The molecular weight excluding hydrogens is 316 g/mol. The third-order valence-corrected chi connectivity index (χ3v) is 3.98. The standard InChI is InChI=1S/C19H16N4O2/c1-23-17(9-10-20-23)13-5-3-6-14(11-13)18-21-19(25-22-18)15-7-4-8-16(12-15)24-2/h3-12H,1-2H3. The van der Waals surface area contributed by atoms with E-state index in [2.05, 4.69) is 15.2 Å². The first kappa shape index (κ1) is 15.1. The molecule has 0 N–H and O–H groups in total. The maximum Gasteiger partial charge on any atom is 0.258 e. The van der Waals surface area contributed by atoms with Gasteiger partial charge in [-0.05, 0) is 30.3 Å². The number of methoxy groups -OCH3 is 1. The summed E-state index contributed by atoms with van der Waals surface area (Å²) in [6.45, 7) is 0. The van der Waals surface area contributed by atoms with Crippen molar-refractivity contribution in [2.75, 3.05) is 7.11 Å². The summed E-state index contributed by atoms with van der Waals surface area (Å²) >= 11 is 0. The molecule has 0 saturated heterocycles. The van der Waals surface area contributed by atoms with E-state index in [0.29, 0.717) is 11.7 Å². The summed E-state index contributed by atoms with van der Waals surface area (Å²) in [5, 5.41) is 8.32. The Bertz CT molecular complexity index is 1020. The van der Waals surface area contributed by atoms with Crippen LogP contribution in [-0.4, -0.2) is 27.0 Å². The summed E-state index contributed by atoms with van der Waals surface area (Å²) in [4.78, 5) is 4.52. The van der Waals surface area contributed by atoms with Crippen molar-refractivity contribution in [3.8, 4) is 39.8 Å². The SMILES string of the molecule is COc1cccc(-c2nc(-c3cccc(-c4ccnn4C)c3)no2)c1. The van der Waals surface area contributed by atoms with E-state index >= 15 is 0 Å². The first-order valence-electron chi connectivity index (χ1n) is 7.81. The van der Waals surface area contributed by atoms with Crippen molar-refractivity contribution in [2.24, 2.45) is 7.05 Å². The highest BCUT2D eigenvalue weighted by atomic mass is 16.5. The van der Waals surface area contributed by atoms with Gasteiger partial charge in [0.1, 0.15) is 5.75 Å². The second-order valence-electron chi connectivity index (χ2n) is 5.58. The molecule has 6 nitrogen and oxygen atoms in total. The number of hydrogen-bond donors (Lipinski definition) is 0. The van der Waals surface area contributed by atoms with Crippen LogP contribution in [0.3, 0.4) is 0 Å². The van der Waals surface area contributed by atoms with Crippen LogP contribution in [0.5, 0.6) is 5.75 Å². The van der Waals surface area contributed by atoms with E-state index < -0.39 is 0 Å². The van der Waals surface area contributed by atoms with E-state index in [1.54, 1.807) is 13.3 Å². The van der Waals surface area contributed by atoms with Gasteiger partial charge < -0.3 is 9.26 Å². The number of rotatable bonds is 4. The molecule has 0 saturated carbocycles. The Morgan fingerprint density at radius 3 is 2.56 bits per heavy atom. The second-order valence-corrected chi connectivity index (χ2v) is 5.58. The van der Waals surface area contributed by atoms with Crippen LogP contribution in [0.4, 0.5) is 0 Å². The molecule has 6 heteroatoms. The fraction of sp³-hybridized carbons (Fsp3) is 0.105. The fourth-order valence-corrected chi connectivity index (χ4v) is 2.69. The first-order valence-corrected chi connectivity index (χ1v) is 7.81. The van der Waals surface area contributed by atoms with E-state index in [0.717, 1.165) is 28.1 Å². The zero-order valence-electron chi connectivity index (χ0n) is 13.9. The van der Waals surface area contributed by atoms with Crippen LogP contribution in [0.15, 0.2) is 65.3 Å². The Hall–Kier alpha value is -3.41. The maximum absolute atomic E-state index is 5.42. The smallest absolute Gasteiger partial charge is 0.258 e. The monoisotopic (exact) mass is 332 g/mol. The van der Waals surface area contributed by atoms with Gasteiger partial charge in [0.05, 0.1) is 12.8 Å². The van der Waals surface area contributed by atoms with Crippen LogP contribution >= 0.6 is 0 Å². The van der Waals surface area contributed by atoms with E-state index in [4.69, 9.17) is 9.26 Å². The highest BCUT2D eigenvalue weighted by Gasteiger charge is 2.12. The Morgan fingerprint density at radius 1 is 0.960 bits per heavy atom. The Balaban J connectivity index is 1.70. The van der Waals surface area contributed by atoms with E-state index in [1.165, 1.54) is 0 Å². The predicted octanol–water partition coefficient (Wildman–Crippen LogP) is 3.81. The van der Waals surface area contributed by atoms with E-state index in [-0.39, 0.29) is 0 Å². The zero-order chi connectivity index (χ0) is 17.2. The molecule has 0 aliphatic carbocycles. The molecule has 0 bridgehead atoms. The van der Waals surface area contributed by atoms with Crippen LogP contribution in [0.25, 0.3) is 34.1 Å². The summed E-state index contributed by atoms with van der Waals surface area (Å²) in [7, 11) is 3.54. The molecular formula is C19H16N4O2. The van der Waals surface area contributed by atoms with Crippen molar-refractivity contribution in [2.45, 2.75) is 0 Å². The lowest BCUT2D eigenvalue weighted by Gasteiger charge is -2.03. The van der Waals surface area contributed by atoms with E-state index in [9.17, 15) is 0 Å². The van der Waals surface area contributed by atoms with Crippen molar-refractivity contribution in [3.63, 3.8) is 0 Å². The molecule has 0 spiro atoms. The average molecular weight is 332 g/mol. The van der Waals surface area contributed by atoms with Gasteiger partial charge in [0.2, 0.25) is 5.82 Å². The molecule has 0 atom stereocenters. The van der Waals surface area contributed by atoms with Gasteiger partial charge in [0.25, 0.3) is 5.89 Å². The number of aromatic nitrogens is 4. The molecule has 4 rings (SSSR count). The summed E-state index contributed by atoms with van der Waals surface area (Å²) in [5.74, 6) is 1.75. The summed E-state index contributed by atoms with van der Waals surface area (Å²) < 4.78 is 12.5. The number of benzene rings is 2. The van der Waals surface area contributed by atoms with Crippen LogP contribution < -0.4 is 4.74 Å². The molecule has 0 radical (unpaired) electrons. The Kier molecular flexibility index (Phi) is 3.78. The molecule has 0 aliphatic rings. The highest BCUT2D eigenvalue weighted by molar-refractivity contribution is 5.68. The van der Waals surface area contributed by atoms with E-state index in [1.807, 2.05) is 66.3 Å². The van der Waals surface area contributed by atoms with Crippen molar-refractivity contribution in [1.82, 2.24) is 19.9 Å². The highest BCUT2D eigenvalue weighted by Crippen LogP contribution is 2.27. The van der Waals surface area contributed by atoms with Crippen molar-refractivity contribution in [1.29, 1.82) is 0 Å². The van der Waals surface area contributed by atoms with Gasteiger partial charge in [-0.2, -0.15) is 10.1 Å². The van der Waals surface area contributed by atoms with Gasteiger partial charge in [-0.1, -0.05) is 29.4 Å². The lowest BCUT2D eigenvalue weighted by molar-refractivity contribution is 0.413. The van der Waals surface area contributed by atoms with Gasteiger partial charge in [-0.25, -0.2) is 0 Å². The summed E-state index contributed by atoms with van der Waals surface area (Å²) in [6.07, 6.45) is 1.78. The minimum absolute atomic E-state index is 0.458. The third-order valence-electron chi connectivity index (χ3n) is 3.98. The molecule has 0 fully saturated rings. The predicted molar refractivity (Wildman–Crippen MR) is 93.9 cm³/mol. The molecule has 2 heterocycles. The topological polar surface area (TPSA) is 66.0 Å². The molecule has 0 aliphatic heterocycles. The molecule has 4 aromatic rings. The van der Waals surface area contributed by atoms with Gasteiger partial charge in [-0.15, -0.1) is 0 Å². The summed E-state index contributed by atoms with van der Waals surface area (Å²) in [5.41, 5.74) is 3.78. The van der Waals surface area contributed by atoms with Crippen molar-refractivity contribution < 1.29 is 9.26 Å². The van der Waals surface area contributed by atoms with Crippen molar-refractivity contribution in [3.05, 3.63) is 60.8 Å². The molecule has 0 unspecified atom stereocenters. The number of aryl methyl sites for hydroxylation is 1. The zero-order valence-corrected chi connectivity index (χ0v) is 13.9. The second kappa shape index (κ2) is 6.24. The molecule has 0 amide bonds. The number of hydrogen-bond acceptors (Lipinski definition) is 5. The number of nitrogens with zero attached hydrogens (tertiary/aromatic N) is 4. The van der Waals surface area contributed by atoms with Gasteiger partial charge in [0, 0.05) is 29.9 Å². The Morgan fingerprint density at radius 2 is 1.76 bits per heavy atom. The van der Waals surface area contributed by atoms with Gasteiger partial charge >= 0.3 is 0 Å². The average Bonchev–Trinajstić information content (AvgIpc) is 3.31. The van der Waals surface area contributed by atoms with Crippen LogP contribution in [0, 0.1) is 0 Å². The maximum atomic E-state index is 5.42. The van der Waals surface area contributed by atoms with Crippen molar-refractivity contribution >= 4 is 0 Å². The fourth-order valence-electron chi connectivity index (χ4n) is 2.69. The lowest BCUT2D eigenvalue weighted by Crippen LogP contribution is -1.93. The van der Waals surface area contributed by atoms with Crippen LogP contribution in [-0.2, 0) is 7.05 Å². The molecule has 2 aromatic heterocycles. The normalized spacial score (nSPS) is 10.8. The van der Waals surface area contributed by atoms with Gasteiger partial charge in [0.15, 0.2) is 0 Å². The number of ether oxygens (including phenoxy) is 1. The quantitative estimate of drug-likeness (QED) is 0.568. The van der Waals surface area contributed by atoms with Crippen LogP contribution in [0.2, 0.25) is 0 Å². The third kappa shape index (κ3) is 2.89. The molecule has 124 valence electrons. The lowest BCUT2D eigenvalue weighted by atomic mass is 10.1. The molecule has 25 heavy (non-hydrogen) atoms. The minimum atomic E-state index is 0.458.